The third kappa shape index (κ3) is 4.22. The van der Waals surface area contributed by atoms with E-state index in [2.05, 4.69) is 30.3 Å². The Balaban J connectivity index is 1.26. The van der Waals surface area contributed by atoms with Crippen LogP contribution in [0.2, 0.25) is 0 Å². The van der Waals surface area contributed by atoms with E-state index in [1.165, 1.54) is 0 Å². The Labute approximate surface area is 305 Å². The number of rotatable bonds is 3. The van der Waals surface area contributed by atoms with E-state index < -0.39 is 24.2 Å². The quantitative estimate of drug-likeness (QED) is 0.136. The highest BCUT2D eigenvalue weighted by Crippen LogP contribution is 2.46. The van der Waals surface area contributed by atoms with E-state index in [-0.39, 0.29) is 45.7 Å². The predicted molar refractivity (Wildman–Crippen MR) is 218 cm³/mol. The van der Waals surface area contributed by atoms with Gasteiger partial charge in [-0.25, -0.2) is 0 Å². The summed E-state index contributed by atoms with van der Waals surface area (Å²) in [6, 6.07) is 40.8. The summed E-state index contributed by atoms with van der Waals surface area (Å²) in [4.78, 5) is 0. The summed E-state index contributed by atoms with van der Waals surface area (Å²) < 4.78 is 79.5. The molecule has 0 unspecified atom stereocenters. The van der Waals surface area contributed by atoms with Gasteiger partial charge in [-0.2, -0.15) is 0 Å². The fourth-order valence-electron chi connectivity index (χ4n) is 8.05. The summed E-state index contributed by atoms with van der Waals surface area (Å²) in [6.45, 7) is 0. The van der Waals surface area contributed by atoms with Crippen LogP contribution in [0.4, 0.5) is 0 Å². The summed E-state index contributed by atoms with van der Waals surface area (Å²) in [5, 5.41) is 8.76. The van der Waals surface area contributed by atoms with Gasteiger partial charge < -0.3 is 4.42 Å². The van der Waals surface area contributed by atoms with Crippen molar-refractivity contribution in [1.82, 2.24) is 0 Å². The van der Waals surface area contributed by atoms with Crippen molar-refractivity contribution in [1.29, 1.82) is 0 Å². The van der Waals surface area contributed by atoms with Crippen molar-refractivity contribution in [2.24, 2.45) is 0 Å². The van der Waals surface area contributed by atoms with E-state index in [4.69, 9.17) is 9.90 Å². The Bertz CT molecular complexity index is 3580. The van der Waals surface area contributed by atoms with E-state index in [1.807, 2.05) is 103 Å². The fourth-order valence-corrected chi connectivity index (χ4v) is 8.05. The van der Waals surface area contributed by atoms with Crippen LogP contribution in [0.5, 0.6) is 0 Å². The Morgan fingerprint density at radius 3 is 1.75 bits per heavy atom. The maximum Gasteiger partial charge on any atom is 0.136 e. The smallest absolute Gasteiger partial charge is 0.136 e. The number of para-hydroxylation sites is 1. The molecule has 0 amide bonds. The van der Waals surface area contributed by atoms with Crippen LogP contribution in [0.25, 0.3) is 109 Å². The molecular weight excluding hydrogens is 617 g/mol. The lowest BCUT2D eigenvalue weighted by Gasteiger charge is -2.19. The Morgan fingerprint density at radius 1 is 0.353 bits per heavy atom. The molecule has 0 aliphatic carbocycles. The van der Waals surface area contributed by atoms with Gasteiger partial charge in [0.15, 0.2) is 0 Å². The minimum Gasteiger partial charge on any atom is -0.456 e. The van der Waals surface area contributed by atoms with Crippen LogP contribution in [0.15, 0.2) is 186 Å². The molecule has 0 spiro atoms. The molecule has 51 heavy (non-hydrogen) atoms. The molecule has 1 nitrogen and oxygen atoms in total. The maximum absolute atomic E-state index is 9.46. The van der Waals surface area contributed by atoms with Crippen molar-refractivity contribution in [3.63, 3.8) is 0 Å². The number of hydrogen-bond acceptors (Lipinski definition) is 1. The Hall–Kier alpha value is -6.70. The Morgan fingerprint density at radius 2 is 0.961 bits per heavy atom. The SMILES string of the molecule is [2H]c1c([2H])c([2H])c2c(-c3ccc4c(ccc5oc6ccccc6c54)c3)c3c([2H])c([2H])c([2H])c([2H])c3c(-c3cccc(-c4cccc5c4ccc4ccccc45)c3)c2c1[2H]. The normalized spacial score (nSPS) is 14.1. The summed E-state index contributed by atoms with van der Waals surface area (Å²) in [6.07, 6.45) is 0. The molecule has 0 aliphatic heterocycles. The first-order valence-corrected chi connectivity index (χ1v) is 16.9. The summed E-state index contributed by atoms with van der Waals surface area (Å²) in [5.41, 5.74) is 5.04. The topological polar surface area (TPSA) is 13.1 Å². The lowest BCUT2D eigenvalue weighted by Crippen LogP contribution is -1.91. The van der Waals surface area contributed by atoms with Crippen LogP contribution in [-0.4, -0.2) is 0 Å². The minimum absolute atomic E-state index is 0.180. The van der Waals surface area contributed by atoms with E-state index in [1.54, 1.807) is 0 Å². The van der Waals surface area contributed by atoms with Crippen LogP contribution in [0.1, 0.15) is 11.0 Å². The molecule has 0 saturated carbocycles. The molecule has 1 heterocycles. The highest BCUT2D eigenvalue weighted by atomic mass is 16.3. The molecule has 0 atom stereocenters. The van der Waals surface area contributed by atoms with E-state index in [0.29, 0.717) is 22.3 Å². The number of benzene rings is 10. The van der Waals surface area contributed by atoms with Crippen LogP contribution in [0.3, 0.4) is 0 Å². The molecule has 10 aromatic carbocycles. The minimum atomic E-state index is -0.431. The van der Waals surface area contributed by atoms with E-state index >= 15 is 0 Å². The van der Waals surface area contributed by atoms with Gasteiger partial charge in [0.2, 0.25) is 0 Å². The molecule has 11 rings (SSSR count). The average molecular weight is 655 g/mol. The van der Waals surface area contributed by atoms with E-state index in [9.17, 15) is 5.48 Å². The van der Waals surface area contributed by atoms with Gasteiger partial charge >= 0.3 is 0 Å². The second-order valence-electron chi connectivity index (χ2n) is 13.0. The predicted octanol–water partition coefficient (Wildman–Crippen LogP) is 14.4. The zero-order valence-corrected chi connectivity index (χ0v) is 27.1. The van der Waals surface area contributed by atoms with Crippen LogP contribution in [0, 0.1) is 0 Å². The largest absolute Gasteiger partial charge is 0.456 e. The lowest BCUT2D eigenvalue weighted by molar-refractivity contribution is 0.669. The second kappa shape index (κ2) is 10.9. The summed E-state index contributed by atoms with van der Waals surface area (Å²) >= 11 is 0. The first-order valence-electron chi connectivity index (χ1n) is 20.9. The van der Waals surface area contributed by atoms with Gasteiger partial charge in [-0.05, 0) is 112 Å². The zero-order chi connectivity index (χ0) is 40.4. The van der Waals surface area contributed by atoms with Gasteiger partial charge in [0.1, 0.15) is 11.2 Å². The number of fused-ring (bicyclic) bond motifs is 10. The van der Waals surface area contributed by atoms with Crippen molar-refractivity contribution >= 4 is 75.8 Å². The second-order valence-corrected chi connectivity index (χ2v) is 13.0. The third-order valence-corrected chi connectivity index (χ3v) is 10.3. The van der Waals surface area contributed by atoms with Crippen molar-refractivity contribution < 1.29 is 15.4 Å². The summed E-state index contributed by atoms with van der Waals surface area (Å²) in [7, 11) is 0. The first-order chi connectivity index (χ1) is 28.6. The molecule has 0 bridgehead atoms. The summed E-state index contributed by atoms with van der Waals surface area (Å²) in [5.74, 6) is 0. The lowest BCUT2D eigenvalue weighted by atomic mass is 9.84. The molecular formula is C50H30O. The van der Waals surface area contributed by atoms with Crippen molar-refractivity contribution in [2.45, 2.75) is 0 Å². The van der Waals surface area contributed by atoms with Crippen LogP contribution >= 0.6 is 0 Å². The third-order valence-electron chi connectivity index (χ3n) is 10.3. The molecule has 0 aliphatic rings. The zero-order valence-electron chi connectivity index (χ0n) is 35.1. The highest BCUT2D eigenvalue weighted by molar-refractivity contribution is 6.23. The molecule has 0 N–H and O–H groups in total. The van der Waals surface area contributed by atoms with Gasteiger partial charge in [-0.1, -0.05) is 158 Å². The van der Waals surface area contributed by atoms with Crippen LogP contribution in [-0.2, 0) is 0 Å². The van der Waals surface area contributed by atoms with Gasteiger partial charge in [0, 0.05) is 10.8 Å². The standard InChI is InChI=1S/C50H30O/c1-2-14-36-31(11-1)23-27-40-37(20-10-21-39(36)40)32-12-9-13-34(29-32)48-41-15-3-5-17-43(41)49(44-18-6-4-16-42(44)48)35-24-26-38-33(30-35)25-28-47-50(38)45-19-7-8-22-46(45)51-47/h1-30H/i3D,4D,5D,6D,15D,16D,17D,18D. The maximum atomic E-state index is 9.46. The molecule has 11 aromatic rings. The highest BCUT2D eigenvalue weighted by Gasteiger charge is 2.18. The van der Waals surface area contributed by atoms with Crippen molar-refractivity contribution in [3.8, 4) is 33.4 Å². The average Bonchev–Trinajstić information content (AvgIpc) is 3.66. The number of furan rings is 1. The molecule has 236 valence electrons. The Kier molecular flexibility index (Phi) is 4.57. The first kappa shape index (κ1) is 21.4. The van der Waals surface area contributed by atoms with Crippen LogP contribution < -0.4 is 0 Å². The molecule has 1 aromatic heterocycles. The van der Waals surface area contributed by atoms with Gasteiger partial charge in [0.05, 0.1) is 11.0 Å². The van der Waals surface area contributed by atoms with Gasteiger partial charge in [-0.3, -0.25) is 0 Å². The van der Waals surface area contributed by atoms with Gasteiger partial charge in [0.25, 0.3) is 0 Å². The molecule has 0 saturated heterocycles. The van der Waals surface area contributed by atoms with Gasteiger partial charge in [-0.15, -0.1) is 0 Å². The monoisotopic (exact) mass is 654 g/mol. The van der Waals surface area contributed by atoms with E-state index in [0.717, 1.165) is 65.4 Å². The fraction of sp³-hybridized carbons (Fsp3) is 0. The van der Waals surface area contributed by atoms with Crippen molar-refractivity contribution in [3.05, 3.63) is 182 Å². The number of hydrogen-bond donors (Lipinski definition) is 0. The molecule has 1 heteroatoms. The molecule has 0 fully saturated rings. The molecule has 0 radical (unpaired) electrons. The van der Waals surface area contributed by atoms with Crippen molar-refractivity contribution in [2.75, 3.05) is 0 Å².